The van der Waals surface area contributed by atoms with Crippen molar-refractivity contribution < 1.29 is 0 Å². The van der Waals surface area contributed by atoms with E-state index < -0.39 is 0 Å². The van der Waals surface area contributed by atoms with Gasteiger partial charge < -0.3 is 5.73 Å². The number of halogens is 1. The maximum Gasteiger partial charge on any atom is 0.0826 e. The molecule has 0 fully saturated rings. The van der Waals surface area contributed by atoms with Gasteiger partial charge in [0.25, 0.3) is 0 Å². The second-order valence-corrected chi connectivity index (χ2v) is 4.69. The highest BCUT2D eigenvalue weighted by Crippen LogP contribution is 2.24. The molecular weight excluding hydrogens is 234 g/mol. The van der Waals surface area contributed by atoms with Gasteiger partial charge in [0.15, 0.2) is 0 Å². The zero-order valence-electron chi connectivity index (χ0n) is 10.2. The lowest BCUT2D eigenvalue weighted by atomic mass is 10.1. The first-order valence-electron chi connectivity index (χ1n) is 5.57. The van der Waals surface area contributed by atoms with E-state index in [2.05, 4.69) is 12.0 Å². The van der Waals surface area contributed by atoms with Crippen molar-refractivity contribution in [3.63, 3.8) is 0 Å². The standard InChI is InChI=1S/C13H16ClN3/c1-8-13(15)10(3)17(16-8)9(2)11-4-6-12(14)7-5-11/h4-7,9H,15H2,1-3H3. The highest BCUT2D eigenvalue weighted by atomic mass is 35.5. The van der Waals surface area contributed by atoms with Gasteiger partial charge in [-0.1, -0.05) is 23.7 Å². The number of hydrogen-bond acceptors (Lipinski definition) is 2. The van der Waals surface area contributed by atoms with Crippen molar-refractivity contribution in [2.24, 2.45) is 0 Å². The molecule has 1 heterocycles. The third-order valence-corrected chi connectivity index (χ3v) is 3.35. The molecule has 0 amide bonds. The van der Waals surface area contributed by atoms with Crippen molar-refractivity contribution in [3.05, 3.63) is 46.2 Å². The molecule has 0 aliphatic carbocycles. The van der Waals surface area contributed by atoms with Gasteiger partial charge in [-0.2, -0.15) is 5.10 Å². The van der Waals surface area contributed by atoms with Crippen LogP contribution in [0.5, 0.6) is 0 Å². The Morgan fingerprint density at radius 1 is 1.24 bits per heavy atom. The van der Waals surface area contributed by atoms with Gasteiger partial charge in [-0.15, -0.1) is 0 Å². The van der Waals surface area contributed by atoms with Crippen molar-refractivity contribution in [1.29, 1.82) is 0 Å². The van der Waals surface area contributed by atoms with E-state index in [1.54, 1.807) is 0 Å². The summed E-state index contributed by atoms with van der Waals surface area (Å²) in [5.41, 5.74) is 9.76. The highest BCUT2D eigenvalue weighted by Gasteiger charge is 2.14. The van der Waals surface area contributed by atoms with Crippen molar-refractivity contribution in [2.45, 2.75) is 26.8 Å². The number of aryl methyl sites for hydroxylation is 1. The van der Waals surface area contributed by atoms with Crippen LogP contribution < -0.4 is 5.73 Å². The van der Waals surface area contributed by atoms with Crippen LogP contribution in [0.3, 0.4) is 0 Å². The Hall–Kier alpha value is -1.48. The molecule has 1 atom stereocenters. The van der Waals surface area contributed by atoms with Crippen molar-refractivity contribution in [3.8, 4) is 0 Å². The smallest absolute Gasteiger partial charge is 0.0826 e. The van der Waals surface area contributed by atoms with E-state index in [1.165, 1.54) is 5.56 Å². The number of nitrogens with zero attached hydrogens (tertiary/aromatic N) is 2. The van der Waals surface area contributed by atoms with E-state index in [9.17, 15) is 0 Å². The number of anilines is 1. The molecule has 17 heavy (non-hydrogen) atoms. The van der Waals surface area contributed by atoms with Crippen molar-refractivity contribution in [2.75, 3.05) is 5.73 Å². The summed E-state index contributed by atoms with van der Waals surface area (Å²) in [5.74, 6) is 0. The SMILES string of the molecule is Cc1nn(C(C)c2ccc(Cl)cc2)c(C)c1N. The Bertz CT molecular complexity index is 528. The zero-order chi connectivity index (χ0) is 12.6. The average Bonchev–Trinajstić information content (AvgIpc) is 2.57. The minimum Gasteiger partial charge on any atom is -0.396 e. The van der Waals surface area contributed by atoms with Crippen molar-refractivity contribution >= 4 is 17.3 Å². The summed E-state index contributed by atoms with van der Waals surface area (Å²) in [6, 6.07) is 7.97. The lowest BCUT2D eigenvalue weighted by molar-refractivity contribution is 0.546. The normalized spacial score (nSPS) is 12.7. The first kappa shape index (κ1) is 12.0. The molecule has 0 aliphatic heterocycles. The average molecular weight is 250 g/mol. The molecule has 0 saturated heterocycles. The molecule has 1 aromatic carbocycles. The summed E-state index contributed by atoms with van der Waals surface area (Å²) in [6.07, 6.45) is 0. The topological polar surface area (TPSA) is 43.8 Å². The highest BCUT2D eigenvalue weighted by molar-refractivity contribution is 6.30. The van der Waals surface area contributed by atoms with Crippen molar-refractivity contribution in [1.82, 2.24) is 9.78 Å². The molecule has 90 valence electrons. The Labute approximate surface area is 106 Å². The molecular formula is C13H16ClN3. The maximum atomic E-state index is 5.94. The van der Waals surface area contributed by atoms with Crippen LogP contribution in [0, 0.1) is 13.8 Å². The Balaban J connectivity index is 2.40. The van der Waals surface area contributed by atoms with Gasteiger partial charge in [-0.25, -0.2) is 0 Å². The van der Waals surface area contributed by atoms with Crippen LogP contribution in [-0.4, -0.2) is 9.78 Å². The summed E-state index contributed by atoms with van der Waals surface area (Å²) in [6.45, 7) is 6.01. The molecule has 2 rings (SSSR count). The first-order valence-corrected chi connectivity index (χ1v) is 5.95. The summed E-state index contributed by atoms with van der Waals surface area (Å²) >= 11 is 5.88. The molecule has 0 bridgehead atoms. The molecule has 3 nitrogen and oxygen atoms in total. The third kappa shape index (κ3) is 2.15. The van der Waals surface area contributed by atoms with E-state index in [0.29, 0.717) is 0 Å². The Morgan fingerprint density at radius 3 is 2.29 bits per heavy atom. The number of aromatic nitrogens is 2. The summed E-state index contributed by atoms with van der Waals surface area (Å²) < 4.78 is 1.95. The predicted octanol–water partition coefficient (Wildman–Crippen LogP) is 3.34. The lowest BCUT2D eigenvalue weighted by Crippen LogP contribution is -2.10. The van der Waals surface area contributed by atoms with E-state index in [4.69, 9.17) is 17.3 Å². The van der Waals surface area contributed by atoms with Gasteiger partial charge >= 0.3 is 0 Å². The monoisotopic (exact) mass is 249 g/mol. The molecule has 1 aromatic heterocycles. The molecule has 1 unspecified atom stereocenters. The molecule has 0 spiro atoms. The number of nitrogens with two attached hydrogens (primary N) is 1. The minimum atomic E-state index is 0.156. The second kappa shape index (κ2) is 4.41. The fourth-order valence-corrected chi connectivity index (χ4v) is 2.06. The maximum absolute atomic E-state index is 5.94. The van der Waals surface area contributed by atoms with Gasteiger partial charge in [0.2, 0.25) is 0 Å². The summed E-state index contributed by atoms with van der Waals surface area (Å²) in [7, 11) is 0. The van der Waals surface area contributed by atoms with Gasteiger partial charge in [-0.3, -0.25) is 4.68 Å². The van der Waals surface area contributed by atoms with E-state index in [-0.39, 0.29) is 6.04 Å². The van der Waals surface area contributed by atoms with Gasteiger partial charge in [0.05, 0.1) is 23.1 Å². The number of hydrogen-bond donors (Lipinski definition) is 1. The van der Waals surface area contributed by atoms with Crippen LogP contribution in [-0.2, 0) is 0 Å². The van der Waals surface area contributed by atoms with Crippen LogP contribution in [0.2, 0.25) is 5.02 Å². The fourth-order valence-electron chi connectivity index (χ4n) is 1.94. The third-order valence-electron chi connectivity index (χ3n) is 3.10. The van der Waals surface area contributed by atoms with E-state index in [1.807, 2.05) is 42.8 Å². The molecule has 2 aromatic rings. The van der Waals surface area contributed by atoms with Gasteiger partial charge in [0.1, 0.15) is 0 Å². The second-order valence-electron chi connectivity index (χ2n) is 4.26. The summed E-state index contributed by atoms with van der Waals surface area (Å²) in [4.78, 5) is 0. The molecule has 0 aliphatic rings. The molecule has 4 heteroatoms. The van der Waals surface area contributed by atoms with Crippen LogP contribution in [0.15, 0.2) is 24.3 Å². The summed E-state index contributed by atoms with van der Waals surface area (Å²) in [5, 5.41) is 5.21. The predicted molar refractivity (Wildman–Crippen MR) is 71.4 cm³/mol. The van der Waals surface area contributed by atoms with E-state index >= 15 is 0 Å². The minimum absolute atomic E-state index is 0.156. The van der Waals surface area contributed by atoms with Crippen LogP contribution in [0.25, 0.3) is 0 Å². The Morgan fingerprint density at radius 2 is 1.82 bits per heavy atom. The van der Waals surface area contributed by atoms with Gasteiger partial charge in [0, 0.05) is 5.02 Å². The molecule has 0 radical (unpaired) electrons. The largest absolute Gasteiger partial charge is 0.396 e. The van der Waals surface area contributed by atoms with Crippen LogP contribution in [0.1, 0.15) is 29.9 Å². The zero-order valence-corrected chi connectivity index (χ0v) is 11.0. The number of benzene rings is 1. The lowest BCUT2D eigenvalue weighted by Gasteiger charge is -2.14. The van der Waals surface area contributed by atoms with Gasteiger partial charge in [-0.05, 0) is 38.5 Å². The number of nitrogen functional groups attached to an aromatic ring is 1. The molecule has 2 N–H and O–H groups in total. The quantitative estimate of drug-likeness (QED) is 0.887. The van der Waals surface area contributed by atoms with Crippen LogP contribution in [0.4, 0.5) is 5.69 Å². The molecule has 0 saturated carbocycles. The Kier molecular flexibility index (Phi) is 3.11. The fraction of sp³-hybridized carbons (Fsp3) is 0.308. The first-order chi connectivity index (χ1) is 8.00. The van der Waals surface area contributed by atoms with E-state index in [0.717, 1.165) is 22.1 Å². The number of rotatable bonds is 2. The van der Waals surface area contributed by atoms with Crippen LogP contribution >= 0.6 is 11.6 Å².